The van der Waals surface area contributed by atoms with Crippen molar-refractivity contribution in [3.05, 3.63) is 17.7 Å². The number of imidazole rings is 1. The molecule has 16 heavy (non-hydrogen) atoms. The van der Waals surface area contributed by atoms with Crippen molar-refractivity contribution >= 4 is 5.78 Å². The SMILES string of the molecule is O=C1CCCC(n2cnc3c2CCCC3)C1. The lowest BCUT2D eigenvalue weighted by atomic mass is 9.93. The number of Topliss-reactive ketones (excluding diaryl/α,β-unsaturated/α-hetero) is 1. The molecule has 0 amide bonds. The second-order valence-electron chi connectivity index (χ2n) is 5.04. The Labute approximate surface area is 95.9 Å². The molecule has 1 fully saturated rings. The van der Waals surface area contributed by atoms with Crippen LogP contribution in [0.1, 0.15) is 56.0 Å². The predicted molar refractivity (Wildman–Crippen MR) is 61.4 cm³/mol. The summed E-state index contributed by atoms with van der Waals surface area (Å²) in [5.41, 5.74) is 2.69. The molecule has 2 aliphatic carbocycles. The first kappa shape index (κ1) is 10.1. The van der Waals surface area contributed by atoms with Crippen LogP contribution in [-0.2, 0) is 17.6 Å². The van der Waals surface area contributed by atoms with Crippen LogP contribution in [0, 0.1) is 0 Å². The van der Waals surface area contributed by atoms with Gasteiger partial charge in [0, 0.05) is 24.6 Å². The Balaban J connectivity index is 1.88. The van der Waals surface area contributed by atoms with Crippen molar-refractivity contribution in [1.29, 1.82) is 0 Å². The summed E-state index contributed by atoms with van der Waals surface area (Å²) in [6.45, 7) is 0. The molecule has 1 heterocycles. The van der Waals surface area contributed by atoms with E-state index < -0.39 is 0 Å². The Hall–Kier alpha value is -1.12. The van der Waals surface area contributed by atoms with Gasteiger partial charge in [-0.05, 0) is 38.5 Å². The van der Waals surface area contributed by atoms with E-state index in [0.29, 0.717) is 11.8 Å². The fourth-order valence-electron chi connectivity index (χ4n) is 3.05. The molecule has 0 N–H and O–H groups in total. The largest absolute Gasteiger partial charge is 0.331 e. The number of fused-ring (bicyclic) bond motifs is 1. The second-order valence-corrected chi connectivity index (χ2v) is 5.04. The minimum atomic E-state index is 0.399. The van der Waals surface area contributed by atoms with Crippen LogP contribution in [0.3, 0.4) is 0 Å². The molecule has 3 rings (SSSR count). The summed E-state index contributed by atoms with van der Waals surface area (Å²) >= 11 is 0. The lowest BCUT2D eigenvalue weighted by Gasteiger charge is -2.25. The molecule has 1 aromatic rings. The van der Waals surface area contributed by atoms with Crippen molar-refractivity contribution in [3.8, 4) is 0 Å². The molecule has 3 heteroatoms. The molecular formula is C13H18N2O. The van der Waals surface area contributed by atoms with Crippen LogP contribution in [0.25, 0.3) is 0 Å². The van der Waals surface area contributed by atoms with Crippen molar-refractivity contribution in [2.75, 3.05) is 0 Å². The van der Waals surface area contributed by atoms with Gasteiger partial charge < -0.3 is 4.57 Å². The van der Waals surface area contributed by atoms with E-state index in [-0.39, 0.29) is 0 Å². The quantitative estimate of drug-likeness (QED) is 0.725. The molecule has 1 atom stereocenters. The Morgan fingerprint density at radius 1 is 1.19 bits per heavy atom. The number of rotatable bonds is 1. The van der Waals surface area contributed by atoms with Crippen molar-refractivity contribution in [2.24, 2.45) is 0 Å². The fourth-order valence-corrected chi connectivity index (χ4v) is 3.05. The molecular weight excluding hydrogens is 200 g/mol. The zero-order valence-corrected chi connectivity index (χ0v) is 9.61. The van der Waals surface area contributed by atoms with E-state index >= 15 is 0 Å². The minimum absolute atomic E-state index is 0.399. The summed E-state index contributed by atoms with van der Waals surface area (Å²) in [6.07, 6.45) is 10.5. The molecule has 0 spiro atoms. The third-order valence-corrected chi connectivity index (χ3v) is 3.91. The van der Waals surface area contributed by atoms with Crippen molar-refractivity contribution in [2.45, 2.75) is 57.4 Å². The average molecular weight is 218 g/mol. The minimum Gasteiger partial charge on any atom is -0.331 e. The summed E-state index contributed by atoms with van der Waals surface area (Å²) < 4.78 is 2.30. The molecule has 2 aliphatic rings. The number of aryl methyl sites for hydroxylation is 1. The van der Waals surface area contributed by atoms with Gasteiger partial charge in [-0.3, -0.25) is 4.79 Å². The molecule has 0 saturated heterocycles. The zero-order valence-electron chi connectivity index (χ0n) is 9.61. The topological polar surface area (TPSA) is 34.9 Å². The van der Waals surface area contributed by atoms with Crippen LogP contribution >= 0.6 is 0 Å². The molecule has 3 nitrogen and oxygen atoms in total. The Morgan fingerprint density at radius 2 is 2.06 bits per heavy atom. The van der Waals surface area contributed by atoms with Gasteiger partial charge in [-0.25, -0.2) is 4.98 Å². The normalized spacial score (nSPS) is 25.5. The Morgan fingerprint density at radius 3 is 2.94 bits per heavy atom. The lowest BCUT2D eigenvalue weighted by Crippen LogP contribution is -2.21. The number of hydrogen-bond donors (Lipinski definition) is 0. The van der Waals surface area contributed by atoms with Crippen LogP contribution < -0.4 is 0 Å². The summed E-state index contributed by atoms with van der Waals surface area (Å²) in [4.78, 5) is 16.0. The number of carbonyl (C=O) groups is 1. The highest BCUT2D eigenvalue weighted by Gasteiger charge is 2.24. The third-order valence-electron chi connectivity index (χ3n) is 3.91. The first-order valence-electron chi connectivity index (χ1n) is 6.41. The number of carbonyl (C=O) groups excluding carboxylic acids is 1. The van der Waals surface area contributed by atoms with E-state index in [0.717, 1.165) is 38.5 Å². The van der Waals surface area contributed by atoms with Gasteiger partial charge in [0.1, 0.15) is 5.78 Å². The van der Waals surface area contributed by atoms with Crippen molar-refractivity contribution < 1.29 is 4.79 Å². The average Bonchev–Trinajstić information content (AvgIpc) is 2.72. The molecule has 1 aromatic heterocycles. The van der Waals surface area contributed by atoms with Gasteiger partial charge in [0.05, 0.1) is 12.0 Å². The van der Waals surface area contributed by atoms with Crippen LogP contribution in [0.5, 0.6) is 0 Å². The predicted octanol–water partition coefficient (Wildman–Crippen LogP) is 2.45. The van der Waals surface area contributed by atoms with Gasteiger partial charge in [0.2, 0.25) is 0 Å². The number of aromatic nitrogens is 2. The zero-order chi connectivity index (χ0) is 11.0. The first-order valence-corrected chi connectivity index (χ1v) is 6.41. The van der Waals surface area contributed by atoms with E-state index in [4.69, 9.17) is 0 Å². The molecule has 0 bridgehead atoms. The highest BCUT2D eigenvalue weighted by Crippen LogP contribution is 2.30. The molecule has 1 saturated carbocycles. The Bertz CT molecular complexity index is 408. The third kappa shape index (κ3) is 1.68. The lowest BCUT2D eigenvalue weighted by molar-refractivity contribution is -0.121. The maximum Gasteiger partial charge on any atom is 0.134 e. The van der Waals surface area contributed by atoms with Gasteiger partial charge in [-0.2, -0.15) is 0 Å². The first-order chi connectivity index (χ1) is 7.84. The summed E-state index contributed by atoms with van der Waals surface area (Å²) in [5.74, 6) is 0.425. The number of nitrogens with zero attached hydrogens (tertiary/aromatic N) is 2. The van der Waals surface area contributed by atoms with Crippen molar-refractivity contribution in [3.63, 3.8) is 0 Å². The second kappa shape index (κ2) is 4.04. The molecule has 1 unspecified atom stereocenters. The monoisotopic (exact) mass is 218 g/mol. The molecule has 86 valence electrons. The van der Waals surface area contributed by atoms with Gasteiger partial charge >= 0.3 is 0 Å². The highest BCUT2D eigenvalue weighted by atomic mass is 16.1. The molecule has 0 aromatic carbocycles. The van der Waals surface area contributed by atoms with Crippen molar-refractivity contribution in [1.82, 2.24) is 9.55 Å². The van der Waals surface area contributed by atoms with E-state index in [2.05, 4.69) is 9.55 Å². The Kier molecular flexibility index (Phi) is 2.54. The fraction of sp³-hybridized carbons (Fsp3) is 0.692. The van der Waals surface area contributed by atoms with Gasteiger partial charge in [-0.15, -0.1) is 0 Å². The van der Waals surface area contributed by atoms with Crippen LogP contribution in [0.15, 0.2) is 6.33 Å². The van der Waals surface area contributed by atoms with Gasteiger partial charge in [0.25, 0.3) is 0 Å². The van der Waals surface area contributed by atoms with E-state index in [1.54, 1.807) is 0 Å². The molecule has 0 radical (unpaired) electrons. The van der Waals surface area contributed by atoms with Crippen LogP contribution in [0.2, 0.25) is 0 Å². The van der Waals surface area contributed by atoms with E-state index in [9.17, 15) is 4.79 Å². The van der Waals surface area contributed by atoms with E-state index in [1.165, 1.54) is 24.2 Å². The summed E-state index contributed by atoms with van der Waals surface area (Å²) in [7, 11) is 0. The van der Waals surface area contributed by atoms with E-state index in [1.807, 2.05) is 6.33 Å². The van der Waals surface area contributed by atoms with Gasteiger partial charge in [0.15, 0.2) is 0 Å². The number of ketones is 1. The maximum absolute atomic E-state index is 11.5. The number of hydrogen-bond acceptors (Lipinski definition) is 2. The maximum atomic E-state index is 11.5. The summed E-state index contributed by atoms with van der Waals surface area (Å²) in [6, 6.07) is 0.399. The van der Waals surface area contributed by atoms with Crippen LogP contribution in [0.4, 0.5) is 0 Å². The smallest absolute Gasteiger partial charge is 0.134 e. The van der Waals surface area contributed by atoms with Gasteiger partial charge in [-0.1, -0.05) is 0 Å². The molecule has 0 aliphatic heterocycles. The van der Waals surface area contributed by atoms with Crippen LogP contribution in [-0.4, -0.2) is 15.3 Å². The highest BCUT2D eigenvalue weighted by molar-refractivity contribution is 5.79. The standard InChI is InChI=1S/C13H18N2O/c16-11-5-3-4-10(8-11)15-9-14-12-6-1-2-7-13(12)15/h9-10H,1-8H2. The summed E-state index contributed by atoms with van der Waals surface area (Å²) in [5, 5.41) is 0.